The average molecular weight is 283 g/mol. The van der Waals surface area contributed by atoms with E-state index < -0.39 is 32.2 Å². The summed E-state index contributed by atoms with van der Waals surface area (Å²) in [5.41, 5.74) is 0. The third kappa shape index (κ3) is 11.0. The molecule has 16 heavy (non-hydrogen) atoms. The molecule has 0 heterocycles. The standard InChI is InChI=1S/C9H26O4Si3/c1-15(2,3)12-14(8-7-9(10)11)13-16(4,5)6/h9-11,14H,7-8H2,1-6H3. The Labute approximate surface area is 103 Å². The van der Waals surface area contributed by atoms with Crippen molar-refractivity contribution in [1.29, 1.82) is 0 Å². The van der Waals surface area contributed by atoms with Gasteiger partial charge in [-0.15, -0.1) is 0 Å². The van der Waals surface area contributed by atoms with Crippen LogP contribution in [-0.2, 0) is 8.23 Å². The van der Waals surface area contributed by atoms with Crippen LogP contribution in [0.4, 0.5) is 0 Å². The van der Waals surface area contributed by atoms with Crippen molar-refractivity contribution in [2.45, 2.75) is 58.0 Å². The molecule has 0 aromatic carbocycles. The predicted octanol–water partition coefficient (Wildman–Crippen LogP) is 1.61. The van der Waals surface area contributed by atoms with Crippen LogP contribution >= 0.6 is 0 Å². The van der Waals surface area contributed by atoms with Crippen LogP contribution in [0.2, 0.25) is 45.3 Å². The van der Waals surface area contributed by atoms with Gasteiger partial charge in [0, 0.05) is 0 Å². The van der Waals surface area contributed by atoms with E-state index in [9.17, 15) is 0 Å². The monoisotopic (exact) mass is 282 g/mol. The fourth-order valence-corrected chi connectivity index (χ4v) is 9.66. The normalized spacial score (nSPS) is 13.9. The highest BCUT2D eigenvalue weighted by molar-refractivity contribution is 6.81. The number of rotatable bonds is 7. The zero-order valence-corrected chi connectivity index (χ0v) is 14.4. The minimum absolute atomic E-state index is 0.353. The van der Waals surface area contributed by atoms with E-state index in [4.69, 9.17) is 18.4 Å². The third-order valence-electron chi connectivity index (χ3n) is 1.63. The molecule has 0 spiro atoms. The van der Waals surface area contributed by atoms with Crippen molar-refractivity contribution in [1.82, 2.24) is 0 Å². The molecule has 0 fully saturated rings. The van der Waals surface area contributed by atoms with E-state index in [1.54, 1.807) is 0 Å². The first-order chi connectivity index (χ1) is 6.99. The molecule has 0 aliphatic heterocycles. The Morgan fingerprint density at radius 1 is 0.938 bits per heavy atom. The molecule has 0 rings (SSSR count). The van der Waals surface area contributed by atoms with Crippen molar-refractivity contribution in [2.24, 2.45) is 0 Å². The largest absolute Gasteiger partial charge is 0.439 e. The molecule has 0 aliphatic carbocycles. The van der Waals surface area contributed by atoms with Gasteiger partial charge in [0.25, 0.3) is 0 Å². The Morgan fingerprint density at radius 3 is 1.56 bits per heavy atom. The first kappa shape index (κ1) is 16.5. The summed E-state index contributed by atoms with van der Waals surface area (Å²) in [5.74, 6) is 0. The maximum absolute atomic E-state index is 8.89. The van der Waals surface area contributed by atoms with Gasteiger partial charge in [-0.25, -0.2) is 0 Å². The van der Waals surface area contributed by atoms with Gasteiger partial charge in [-0.3, -0.25) is 0 Å². The Balaban J connectivity index is 4.28. The lowest BCUT2D eigenvalue weighted by molar-refractivity contribution is -0.0421. The fraction of sp³-hybridized carbons (Fsp3) is 1.00. The van der Waals surface area contributed by atoms with E-state index >= 15 is 0 Å². The summed E-state index contributed by atoms with van der Waals surface area (Å²) in [4.78, 5) is 0. The van der Waals surface area contributed by atoms with E-state index in [2.05, 4.69) is 39.3 Å². The predicted molar refractivity (Wildman–Crippen MR) is 73.7 cm³/mol. The minimum atomic E-state index is -1.74. The van der Waals surface area contributed by atoms with Gasteiger partial charge in [-0.05, 0) is 51.7 Å². The van der Waals surface area contributed by atoms with E-state index in [1.165, 1.54) is 0 Å². The lowest BCUT2D eigenvalue weighted by Gasteiger charge is -2.30. The van der Waals surface area contributed by atoms with Crippen LogP contribution in [0.1, 0.15) is 6.42 Å². The molecule has 0 radical (unpaired) electrons. The van der Waals surface area contributed by atoms with Gasteiger partial charge in [0.1, 0.15) is 0 Å². The second kappa shape index (κ2) is 6.43. The Morgan fingerprint density at radius 2 is 1.31 bits per heavy atom. The summed E-state index contributed by atoms with van der Waals surface area (Å²) in [5, 5.41) is 17.8. The van der Waals surface area contributed by atoms with Crippen LogP contribution in [0.5, 0.6) is 0 Å². The molecule has 0 aromatic rings. The Bertz CT molecular complexity index is 182. The van der Waals surface area contributed by atoms with E-state index in [0.717, 1.165) is 0 Å². The van der Waals surface area contributed by atoms with Crippen molar-refractivity contribution >= 4 is 25.9 Å². The molecule has 0 aliphatic rings. The van der Waals surface area contributed by atoms with Gasteiger partial charge in [-0.2, -0.15) is 0 Å². The van der Waals surface area contributed by atoms with Crippen LogP contribution in [0.15, 0.2) is 0 Å². The summed E-state index contributed by atoms with van der Waals surface area (Å²) >= 11 is 0. The first-order valence-corrected chi connectivity index (χ1v) is 14.3. The van der Waals surface area contributed by atoms with E-state index in [0.29, 0.717) is 12.5 Å². The Kier molecular flexibility index (Phi) is 6.63. The SMILES string of the molecule is C[Si](C)(C)O[SiH](CCC(O)O)O[Si](C)(C)C. The highest BCUT2D eigenvalue weighted by Crippen LogP contribution is 2.16. The first-order valence-electron chi connectivity index (χ1n) is 5.71. The molecule has 0 saturated carbocycles. The highest BCUT2D eigenvalue weighted by atomic mass is 28.4. The van der Waals surface area contributed by atoms with Crippen LogP contribution in [0.25, 0.3) is 0 Å². The molecule has 2 N–H and O–H groups in total. The molecule has 0 bridgehead atoms. The van der Waals surface area contributed by atoms with Gasteiger partial charge in [-0.1, -0.05) is 0 Å². The van der Waals surface area contributed by atoms with Crippen LogP contribution < -0.4 is 0 Å². The lowest BCUT2D eigenvalue weighted by Crippen LogP contribution is -2.43. The van der Waals surface area contributed by atoms with Gasteiger partial charge in [0.05, 0.1) is 0 Å². The quantitative estimate of drug-likeness (QED) is 0.550. The zero-order chi connectivity index (χ0) is 13.0. The summed E-state index contributed by atoms with van der Waals surface area (Å²) < 4.78 is 12.1. The molecule has 98 valence electrons. The lowest BCUT2D eigenvalue weighted by atomic mass is 10.5. The molecule has 0 atom stereocenters. The Hall–Kier alpha value is 0.491. The number of hydrogen-bond donors (Lipinski definition) is 2. The average Bonchev–Trinajstić information content (AvgIpc) is 1.93. The van der Waals surface area contributed by atoms with Gasteiger partial charge in [0.15, 0.2) is 22.9 Å². The summed E-state index contributed by atoms with van der Waals surface area (Å²) in [7, 11) is -4.93. The van der Waals surface area contributed by atoms with Crippen molar-refractivity contribution in [3.63, 3.8) is 0 Å². The molecular weight excluding hydrogens is 256 g/mol. The molecule has 0 amide bonds. The molecule has 0 unspecified atom stereocenters. The maximum atomic E-state index is 8.89. The van der Waals surface area contributed by atoms with Crippen LogP contribution in [0, 0.1) is 0 Å². The van der Waals surface area contributed by atoms with Gasteiger partial charge in [0.2, 0.25) is 0 Å². The van der Waals surface area contributed by atoms with Gasteiger partial charge < -0.3 is 18.4 Å². The summed E-state index contributed by atoms with van der Waals surface area (Å²) in [6, 6.07) is 0.673. The van der Waals surface area contributed by atoms with Crippen molar-refractivity contribution in [3.8, 4) is 0 Å². The maximum Gasteiger partial charge on any atom is 0.300 e. The zero-order valence-electron chi connectivity index (χ0n) is 11.3. The number of hydrogen-bond acceptors (Lipinski definition) is 4. The van der Waals surface area contributed by atoms with Crippen LogP contribution in [0.3, 0.4) is 0 Å². The third-order valence-corrected chi connectivity index (χ3v) is 10.2. The number of aliphatic hydroxyl groups excluding tert-OH is 1. The molecule has 0 saturated heterocycles. The van der Waals surface area contributed by atoms with E-state index in [-0.39, 0.29) is 0 Å². The van der Waals surface area contributed by atoms with Crippen LogP contribution in [-0.4, -0.2) is 42.4 Å². The van der Waals surface area contributed by atoms with E-state index in [1.807, 2.05) is 0 Å². The number of aliphatic hydroxyl groups is 2. The molecule has 4 nitrogen and oxygen atoms in total. The second-order valence-corrected chi connectivity index (χ2v) is 17.7. The van der Waals surface area contributed by atoms with Crippen molar-refractivity contribution in [3.05, 3.63) is 0 Å². The fourth-order valence-electron chi connectivity index (χ4n) is 1.22. The molecule has 0 aromatic heterocycles. The minimum Gasteiger partial charge on any atom is -0.439 e. The second-order valence-electron chi connectivity index (χ2n) is 5.95. The molecule has 7 heteroatoms. The topological polar surface area (TPSA) is 58.9 Å². The smallest absolute Gasteiger partial charge is 0.300 e. The summed E-state index contributed by atoms with van der Waals surface area (Å²) in [6.07, 6.45) is -0.892. The molecular formula is C9H26O4Si3. The summed E-state index contributed by atoms with van der Waals surface area (Å²) in [6.45, 7) is 12.8. The highest BCUT2D eigenvalue weighted by Gasteiger charge is 2.28. The van der Waals surface area contributed by atoms with Crippen molar-refractivity contribution < 1.29 is 18.4 Å². The van der Waals surface area contributed by atoms with Gasteiger partial charge >= 0.3 is 9.28 Å². The van der Waals surface area contributed by atoms with Crippen molar-refractivity contribution in [2.75, 3.05) is 0 Å².